The zero-order valence-corrected chi connectivity index (χ0v) is 15.0. The largest absolute Gasteiger partial charge is 0.493 e. The Labute approximate surface area is 156 Å². The molecule has 0 saturated heterocycles. The molecule has 0 radical (unpaired) electrons. The van der Waals surface area contributed by atoms with Gasteiger partial charge in [0.1, 0.15) is 17.5 Å². The van der Waals surface area contributed by atoms with Gasteiger partial charge >= 0.3 is 0 Å². The van der Waals surface area contributed by atoms with Crippen molar-refractivity contribution in [3.63, 3.8) is 0 Å². The van der Waals surface area contributed by atoms with Gasteiger partial charge in [-0.3, -0.25) is 0 Å². The molecule has 0 saturated carbocycles. The van der Waals surface area contributed by atoms with Gasteiger partial charge in [-0.2, -0.15) is 5.26 Å². The summed E-state index contributed by atoms with van der Waals surface area (Å²) in [5, 5.41) is 10.1. The van der Waals surface area contributed by atoms with Crippen LogP contribution in [0.25, 0.3) is 22.4 Å². The van der Waals surface area contributed by atoms with Crippen LogP contribution in [0.1, 0.15) is 5.56 Å². The molecule has 0 bridgehead atoms. The Morgan fingerprint density at radius 1 is 1.00 bits per heavy atom. The van der Waals surface area contributed by atoms with E-state index in [1.54, 1.807) is 38.5 Å². The molecule has 1 aromatic heterocycles. The molecule has 0 spiro atoms. The lowest BCUT2D eigenvalue weighted by Crippen LogP contribution is -2.00. The molecule has 1 heterocycles. The fourth-order valence-electron chi connectivity index (χ4n) is 2.71. The first-order valence-electron chi connectivity index (χ1n) is 7.76. The van der Waals surface area contributed by atoms with Gasteiger partial charge in [0, 0.05) is 16.1 Å². The van der Waals surface area contributed by atoms with Crippen LogP contribution in [0.2, 0.25) is 5.02 Å². The van der Waals surface area contributed by atoms with Crippen molar-refractivity contribution in [1.82, 2.24) is 4.98 Å². The van der Waals surface area contributed by atoms with E-state index in [2.05, 4.69) is 11.1 Å². The topological polar surface area (TPSA) is 81.2 Å². The van der Waals surface area contributed by atoms with E-state index in [0.717, 1.165) is 11.1 Å². The van der Waals surface area contributed by atoms with E-state index in [-0.39, 0.29) is 5.82 Å². The van der Waals surface area contributed by atoms with Crippen molar-refractivity contribution in [2.75, 3.05) is 20.0 Å². The van der Waals surface area contributed by atoms with Gasteiger partial charge in [0.2, 0.25) is 0 Å². The summed E-state index contributed by atoms with van der Waals surface area (Å²) in [6.07, 6.45) is 0. The third-order valence-electron chi connectivity index (χ3n) is 3.97. The standard InChI is InChI=1S/C20H16ClN3O2/c1-25-18-7-6-12(9-19(18)26-2)15-10-17(24-20(23)16(15)11-22)13-4-3-5-14(21)8-13/h3-10H,1-2H3,(H2,23,24). The highest BCUT2D eigenvalue weighted by molar-refractivity contribution is 6.30. The summed E-state index contributed by atoms with van der Waals surface area (Å²) in [6.45, 7) is 0. The summed E-state index contributed by atoms with van der Waals surface area (Å²) in [5.74, 6) is 1.33. The average Bonchev–Trinajstić information content (AvgIpc) is 2.66. The highest BCUT2D eigenvalue weighted by atomic mass is 35.5. The van der Waals surface area contributed by atoms with Gasteiger partial charge in [-0.05, 0) is 35.9 Å². The molecule has 130 valence electrons. The van der Waals surface area contributed by atoms with Crippen molar-refractivity contribution in [2.24, 2.45) is 0 Å². The number of aromatic nitrogens is 1. The van der Waals surface area contributed by atoms with Crippen molar-refractivity contribution in [2.45, 2.75) is 0 Å². The number of nitriles is 1. The minimum Gasteiger partial charge on any atom is -0.493 e. The third kappa shape index (κ3) is 3.28. The zero-order valence-electron chi connectivity index (χ0n) is 14.3. The lowest BCUT2D eigenvalue weighted by molar-refractivity contribution is 0.355. The van der Waals surface area contributed by atoms with E-state index in [9.17, 15) is 5.26 Å². The Bertz CT molecular complexity index is 1010. The van der Waals surface area contributed by atoms with Crippen LogP contribution in [0.5, 0.6) is 11.5 Å². The quantitative estimate of drug-likeness (QED) is 0.734. The molecule has 2 N–H and O–H groups in total. The van der Waals surface area contributed by atoms with E-state index in [1.807, 2.05) is 24.3 Å². The fourth-order valence-corrected chi connectivity index (χ4v) is 2.90. The molecule has 0 amide bonds. The van der Waals surface area contributed by atoms with Gasteiger partial charge in [-0.15, -0.1) is 0 Å². The predicted octanol–water partition coefficient (Wildman–Crippen LogP) is 4.54. The number of methoxy groups -OCH3 is 2. The number of anilines is 1. The van der Waals surface area contributed by atoms with Crippen LogP contribution >= 0.6 is 11.6 Å². The number of pyridine rings is 1. The number of nitrogen functional groups attached to an aromatic ring is 1. The van der Waals surface area contributed by atoms with Crippen LogP contribution in [0.3, 0.4) is 0 Å². The second kappa shape index (κ2) is 7.34. The van der Waals surface area contributed by atoms with Gasteiger partial charge in [-0.25, -0.2) is 4.98 Å². The number of hydrogen-bond donors (Lipinski definition) is 1. The van der Waals surface area contributed by atoms with Crippen molar-refractivity contribution >= 4 is 17.4 Å². The molecular weight excluding hydrogens is 350 g/mol. The summed E-state index contributed by atoms with van der Waals surface area (Å²) in [5.41, 5.74) is 9.24. The third-order valence-corrected chi connectivity index (χ3v) is 4.21. The van der Waals surface area contributed by atoms with E-state index >= 15 is 0 Å². The Morgan fingerprint density at radius 2 is 1.77 bits per heavy atom. The normalized spacial score (nSPS) is 10.2. The molecule has 0 unspecified atom stereocenters. The van der Waals surface area contributed by atoms with Crippen LogP contribution in [-0.2, 0) is 0 Å². The maximum absolute atomic E-state index is 9.55. The molecule has 2 aromatic carbocycles. The van der Waals surface area contributed by atoms with Crippen molar-refractivity contribution < 1.29 is 9.47 Å². The van der Waals surface area contributed by atoms with E-state index < -0.39 is 0 Å². The Kier molecular flexibility index (Phi) is 4.97. The Balaban J connectivity index is 2.22. The van der Waals surface area contributed by atoms with Crippen LogP contribution < -0.4 is 15.2 Å². The van der Waals surface area contributed by atoms with Gasteiger partial charge in [-0.1, -0.05) is 29.8 Å². The lowest BCUT2D eigenvalue weighted by atomic mass is 9.98. The number of hydrogen-bond acceptors (Lipinski definition) is 5. The SMILES string of the molecule is COc1ccc(-c2cc(-c3cccc(Cl)c3)nc(N)c2C#N)cc1OC. The zero-order chi connectivity index (χ0) is 18.7. The Hall–Kier alpha value is -3.23. The maximum atomic E-state index is 9.55. The highest BCUT2D eigenvalue weighted by Gasteiger charge is 2.15. The van der Waals surface area contributed by atoms with Crippen molar-refractivity contribution in [1.29, 1.82) is 5.26 Å². The number of rotatable bonds is 4. The second-order valence-electron chi connectivity index (χ2n) is 5.51. The number of halogens is 1. The molecule has 0 aliphatic carbocycles. The van der Waals surface area contributed by atoms with Gasteiger partial charge < -0.3 is 15.2 Å². The number of nitrogens with zero attached hydrogens (tertiary/aromatic N) is 2. The van der Waals surface area contributed by atoms with Gasteiger partial charge in [0.05, 0.1) is 19.9 Å². The van der Waals surface area contributed by atoms with Crippen LogP contribution in [-0.4, -0.2) is 19.2 Å². The number of ether oxygens (including phenoxy) is 2. The second-order valence-corrected chi connectivity index (χ2v) is 5.94. The van der Waals surface area contributed by atoms with Crippen molar-refractivity contribution in [3.05, 3.63) is 59.1 Å². The smallest absolute Gasteiger partial charge is 0.161 e. The summed E-state index contributed by atoms with van der Waals surface area (Å²) < 4.78 is 10.6. The van der Waals surface area contributed by atoms with E-state index in [1.165, 1.54) is 0 Å². The molecule has 6 heteroatoms. The monoisotopic (exact) mass is 365 g/mol. The van der Waals surface area contributed by atoms with E-state index in [0.29, 0.717) is 33.3 Å². The summed E-state index contributed by atoms with van der Waals surface area (Å²) >= 11 is 6.08. The molecule has 0 aliphatic rings. The molecular formula is C20H16ClN3O2. The molecule has 0 aliphatic heterocycles. The molecule has 0 fully saturated rings. The first kappa shape index (κ1) is 17.6. The number of benzene rings is 2. The predicted molar refractivity (Wildman–Crippen MR) is 102 cm³/mol. The lowest BCUT2D eigenvalue weighted by Gasteiger charge is -2.13. The van der Waals surface area contributed by atoms with Gasteiger partial charge in [0.25, 0.3) is 0 Å². The fraction of sp³-hybridized carbons (Fsp3) is 0.100. The first-order chi connectivity index (χ1) is 12.6. The molecule has 3 rings (SSSR count). The maximum Gasteiger partial charge on any atom is 0.161 e. The van der Waals surface area contributed by atoms with Crippen LogP contribution in [0.15, 0.2) is 48.5 Å². The van der Waals surface area contributed by atoms with Crippen molar-refractivity contribution in [3.8, 4) is 40.0 Å². The number of nitrogens with two attached hydrogens (primary N) is 1. The molecule has 3 aromatic rings. The molecule has 5 nitrogen and oxygen atoms in total. The van der Waals surface area contributed by atoms with E-state index in [4.69, 9.17) is 26.8 Å². The van der Waals surface area contributed by atoms with Crippen LogP contribution in [0, 0.1) is 11.3 Å². The average molecular weight is 366 g/mol. The highest BCUT2D eigenvalue weighted by Crippen LogP contribution is 2.36. The Morgan fingerprint density at radius 3 is 2.42 bits per heavy atom. The molecule has 26 heavy (non-hydrogen) atoms. The van der Waals surface area contributed by atoms with Gasteiger partial charge in [0.15, 0.2) is 11.5 Å². The minimum absolute atomic E-state index is 0.162. The molecule has 0 atom stereocenters. The summed E-state index contributed by atoms with van der Waals surface area (Å²) in [4.78, 5) is 4.36. The summed E-state index contributed by atoms with van der Waals surface area (Å²) in [7, 11) is 3.13. The summed E-state index contributed by atoms with van der Waals surface area (Å²) in [6, 6.07) is 16.7. The minimum atomic E-state index is 0.162. The first-order valence-corrected chi connectivity index (χ1v) is 8.14. The van der Waals surface area contributed by atoms with Crippen LogP contribution in [0.4, 0.5) is 5.82 Å².